The second-order valence-electron chi connectivity index (χ2n) is 4.97. The van der Waals surface area contributed by atoms with Crippen LogP contribution in [-0.2, 0) is 0 Å². The highest BCUT2D eigenvalue weighted by molar-refractivity contribution is 7.98. The Labute approximate surface area is 99.0 Å². The van der Waals surface area contributed by atoms with Gasteiger partial charge < -0.3 is 10.6 Å². The molecule has 3 heteroatoms. The van der Waals surface area contributed by atoms with Gasteiger partial charge in [-0.1, -0.05) is 19.3 Å². The Kier molecular flexibility index (Phi) is 6.02. The molecular formula is C12H26N2S. The van der Waals surface area contributed by atoms with Crippen LogP contribution >= 0.6 is 11.8 Å². The van der Waals surface area contributed by atoms with Gasteiger partial charge in [-0.15, -0.1) is 0 Å². The average Bonchev–Trinajstić information content (AvgIpc) is 2.25. The van der Waals surface area contributed by atoms with Crippen LogP contribution in [0.25, 0.3) is 0 Å². The van der Waals surface area contributed by atoms with Gasteiger partial charge in [-0.25, -0.2) is 0 Å². The van der Waals surface area contributed by atoms with Crippen LogP contribution < -0.4 is 5.73 Å². The summed E-state index contributed by atoms with van der Waals surface area (Å²) in [6, 6.07) is 0. The number of hydrogen-bond acceptors (Lipinski definition) is 3. The van der Waals surface area contributed by atoms with Crippen molar-refractivity contribution in [2.75, 3.05) is 32.1 Å². The van der Waals surface area contributed by atoms with E-state index in [0.717, 1.165) is 6.54 Å². The minimum Gasteiger partial charge on any atom is -0.325 e. The van der Waals surface area contributed by atoms with Crippen LogP contribution in [0.3, 0.4) is 0 Å². The van der Waals surface area contributed by atoms with Crippen LogP contribution in [0.4, 0.5) is 0 Å². The fourth-order valence-corrected chi connectivity index (χ4v) is 2.77. The van der Waals surface area contributed by atoms with Crippen molar-refractivity contribution < 1.29 is 0 Å². The Morgan fingerprint density at radius 3 is 2.47 bits per heavy atom. The van der Waals surface area contributed by atoms with Gasteiger partial charge in [0, 0.05) is 17.8 Å². The highest BCUT2D eigenvalue weighted by Crippen LogP contribution is 2.28. The van der Waals surface area contributed by atoms with Gasteiger partial charge in [0.25, 0.3) is 0 Å². The van der Waals surface area contributed by atoms with Crippen molar-refractivity contribution >= 4 is 11.8 Å². The van der Waals surface area contributed by atoms with Crippen molar-refractivity contribution in [2.45, 2.75) is 44.1 Å². The summed E-state index contributed by atoms with van der Waals surface area (Å²) in [6.07, 6.45) is 9.89. The zero-order valence-corrected chi connectivity index (χ0v) is 11.1. The van der Waals surface area contributed by atoms with E-state index in [4.69, 9.17) is 5.73 Å². The highest BCUT2D eigenvalue weighted by Gasteiger charge is 2.26. The Bertz CT molecular complexity index is 167. The third kappa shape index (κ3) is 5.23. The van der Waals surface area contributed by atoms with E-state index in [0.29, 0.717) is 0 Å². The molecule has 1 aliphatic carbocycles. The van der Waals surface area contributed by atoms with Gasteiger partial charge in [0.1, 0.15) is 0 Å². The minimum atomic E-state index is 0.159. The number of hydrogen-bond donors (Lipinski definition) is 1. The van der Waals surface area contributed by atoms with Gasteiger partial charge in [0.2, 0.25) is 0 Å². The maximum absolute atomic E-state index is 6.40. The lowest BCUT2D eigenvalue weighted by Gasteiger charge is -2.34. The van der Waals surface area contributed by atoms with Gasteiger partial charge in [-0.2, -0.15) is 11.8 Å². The van der Waals surface area contributed by atoms with Crippen molar-refractivity contribution in [3.8, 4) is 0 Å². The van der Waals surface area contributed by atoms with Crippen LogP contribution in [0.15, 0.2) is 0 Å². The maximum atomic E-state index is 6.40. The van der Waals surface area contributed by atoms with Crippen molar-refractivity contribution in [2.24, 2.45) is 5.73 Å². The molecular weight excluding hydrogens is 204 g/mol. The molecule has 0 heterocycles. The van der Waals surface area contributed by atoms with E-state index >= 15 is 0 Å². The van der Waals surface area contributed by atoms with E-state index in [1.54, 1.807) is 0 Å². The molecule has 1 saturated carbocycles. The molecule has 1 rings (SSSR count). The Balaban J connectivity index is 2.16. The van der Waals surface area contributed by atoms with Gasteiger partial charge in [-0.05, 0) is 39.1 Å². The van der Waals surface area contributed by atoms with E-state index in [1.807, 2.05) is 11.8 Å². The smallest absolute Gasteiger partial charge is 0.0166 e. The molecule has 0 radical (unpaired) electrons. The second-order valence-corrected chi connectivity index (χ2v) is 5.95. The first-order chi connectivity index (χ1) is 7.16. The zero-order valence-electron chi connectivity index (χ0n) is 10.3. The van der Waals surface area contributed by atoms with Gasteiger partial charge in [0.05, 0.1) is 0 Å². The lowest BCUT2D eigenvalue weighted by Crippen LogP contribution is -2.44. The first-order valence-corrected chi connectivity index (χ1v) is 7.52. The molecule has 90 valence electrons. The van der Waals surface area contributed by atoms with Crippen LogP contribution in [0, 0.1) is 0 Å². The van der Waals surface area contributed by atoms with E-state index in [1.165, 1.54) is 50.8 Å². The average molecular weight is 230 g/mol. The predicted molar refractivity (Wildman–Crippen MR) is 70.5 cm³/mol. The molecule has 0 aromatic rings. The van der Waals surface area contributed by atoms with Gasteiger partial charge in [-0.3, -0.25) is 0 Å². The summed E-state index contributed by atoms with van der Waals surface area (Å²) in [5.74, 6) is 1.23. The number of nitrogens with zero attached hydrogens (tertiary/aromatic N) is 1. The Morgan fingerprint density at radius 2 is 1.87 bits per heavy atom. The molecule has 2 nitrogen and oxygen atoms in total. The highest BCUT2D eigenvalue weighted by atomic mass is 32.2. The summed E-state index contributed by atoms with van der Waals surface area (Å²) in [5.41, 5.74) is 6.56. The lowest BCUT2D eigenvalue weighted by atomic mass is 9.80. The standard InChI is InChI=1S/C12H26N2S/c1-14(10-11-15-2)9-8-12(13)6-4-3-5-7-12/h3-11,13H2,1-2H3. The van der Waals surface area contributed by atoms with Gasteiger partial charge >= 0.3 is 0 Å². The first kappa shape index (κ1) is 13.3. The minimum absolute atomic E-state index is 0.159. The largest absolute Gasteiger partial charge is 0.325 e. The summed E-state index contributed by atoms with van der Waals surface area (Å²) in [7, 11) is 2.21. The molecule has 0 bridgehead atoms. The van der Waals surface area contributed by atoms with Crippen LogP contribution in [-0.4, -0.2) is 42.6 Å². The first-order valence-electron chi connectivity index (χ1n) is 6.13. The van der Waals surface area contributed by atoms with E-state index in [-0.39, 0.29) is 5.54 Å². The van der Waals surface area contributed by atoms with Crippen molar-refractivity contribution in [1.82, 2.24) is 4.90 Å². The summed E-state index contributed by atoms with van der Waals surface area (Å²) < 4.78 is 0. The summed E-state index contributed by atoms with van der Waals surface area (Å²) in [4.78, 5) is 2.42. The molecule has 1 fully saturated rings. The summed E-state index contributed by atoms with van der Waals surface area (Å²) in [5, 5.41) is 0. The molecule has 0 unspecified atom stereocenters. The quantitative estimate of drug-likeness (QED) is 0.759. The molecule has 0 amide bonds. The fourth-order valence-electron chi connectivity index (χ4n) is 2.28. The molecule has 1 aliphatic rings. The normalized spacial score (nSPS) is 20.8. The van der Waals surface area contributed by atoms with Crippen molar-refractivity contribution in [3.63, 3.8) is 0 Å². The maximum Gasteiger partial charge on any atom is 0.0166 e. The summed E-state index contributed by atoms with van der Waals surface area (Å²) in [6.45, 7) is 2.36. The SMILES string of the molecule is CSCCN(C)CCC1(N)CCCCC1. The summed E-state index contributed by atoms with van der Waals surface area (Å²) >= 11 is 1.92. The van der Waals surface area contributed by atoms with E-state index in [9.17, 15) is 0 Å². The topological polar surface area (TPSA) is 29.3 Å². The fraction of sp³-hybridized carbons (Fsp3) is 1.00. The zero-order chi connectivity index (χ0) is 11.1. The molecule has 15 heavy (non-hydrogen) atoms. The molecule has 0 saturated heterocycles. The van der Waals surface area contributed by atoms with Crippen molar-refractivity contribution in [1.29, 1.82) is 0 Å². The molecule has 0 spiro atoms. The second kappa shape index (κ2) is 6.77. The molecule has 0 aromatic carbocycles. The molecule has 0 aromatic heterocycles. The Morgan fingerprint density at radius 1 is 1.20 bits per heavy atom. The van der Waals surface area contributed by atoms with Crippen LogP contribution in [0.2, 0.25) is 0 Å². The molecule has 2 N–H and O–H groups in total. The van der Waals surface area contributed by atoms with E-state index in [2.05, 4.69) is 18.2 Å². The van der Waals surface area contributed by atoms with Crippen LogP contribution in [0.1, 0.15) is 38.5 Å². The molecule has 0 aliphatic heterocycles. The monoisotopic (exact) mass is 230 g/mol. The lowest BCUT2D eigenvalue weighted by molar-refractivity contribution is 0.235. The number of nitrogens with two attached hydrogens (primary N) is 1. The molecule has 0 atom stereocenters. The van der Waals surface area contributed by atoms with Crippen LogP contribution in [0.5, 0.6) is 0 Å². The third-order valence-corrected chi connectivity index (χ3v) is 4.11. The Hall–Kier alpha value is 0.270. The van der Waals surface area contributed by atoms with E-state index < -0.39 is 0 Å². The van der Waals surface area contributed by atoms with Crippen molar-refractivity contribution in [3.05, 3.63) is 0 Å². The number of thioether (sulfide) groups is 1. The van der Waals surface area contributed by atoms with Gasteiger partial charge in [0.15, 0.2) is 0 Å². The number of rotatable bonds is 6. The predicted octanol–water partition coefficient (Wildman–Crippen LogP) is 2.33. The third-order valence-electron chi connectivity index (χ3n) is 3.52.